The van der Waals surface area contributed by atoms with Crippen LogP contribution in [-0.4, -0.2) is 34.5 Å². The van der Waals surface area contributed by atoms with Gasteiger partial charge in [0.05, 0.1) is 24.6 Å². The average molecular weight is 418 g/mol. The van der Waals surface area contributed by atoms with E-state index in [2.05, 4.69) is 5.32 Å². The summed E-state index contributed by atoms with van der Waals surface area (Å²) in [6, 6.07) is 14.6. The number of carbonyl (C=O) groups excluding carboxylic acids is 2. The number of rotatable bonds is 5. The van der Waals surface area contributed by atoms with Gasteiger partial charge in [-0.25, -0.2) is 4.98 Å². The van der Waals surface area contributed by atoms with Gasteiger partial charge in [0.1, 0.15) is 11.8 Å². The van der Waals surface area contributed by atoms with Gasteiger partial charge in [-0.2, -0.15) is 0 Å². The molecule has 1 saturated carbocycles. The van der Waals surface area contributed by atoms with Gasteiger partial charge >= 0.3 is 0 Å². The first-order valence-corrected chi connectivity index (χ1v) is 10.9. The maximum atomic E-state index is 13.5. The molecular weight excluding hydrogens is 392 g/mol. The van der Waals surface area contributed by atoms with Gasteiger partial charge in [0.2, 0.25) is 11.9 Å². The first-order valence-electron chi connectivity index (χ1n) is 10.9. The molecule has 0 spiro atoms. The third kappa shape index (κ3) is 3.54. The Bertz CT molecular complexity index is 1120. The van der Waals surface area contributed by atoms with Crippen LogP contribution in [0.2, 0.25) is 0 Å². The fraction of sp³-hybridized carbons (Fsp3) is 0.375. The molecule has 0 bridgehead atoms. The summed E-state index contributed by atoms with van der Waals surface area (Å²) in [6.07, 6.45) is 5.50. The lowest BCUT2D eigenvalue weighted by Crippen LogP contribution is -2.41. The minimum Gasteiger partial charge on any atom is -0.497 e. The summed E-state index contributed by atoms with van der Waals surface area (Å²) in [5, 5.41) is 2.91. The minimum absolute atomic E-state index is 0.0231. The number of para-hydroxylation sites is 2. The zero-order valence-electron chi connectivity index (χ0n) is 17.6. The Balaban J connectivity index is 1.44. The molecule has 1 atom stereocenters. The molecule has 0 unspecified atom stereocenters. The van der Waals surface area contributed by atoms with E-state index >= 15 is 0 Å². The van der Waals surface area contributed by atoms with Crippen molar-refractivity contribution in [3.8, 4) is 5.75 Å². The van der Waals surface area contributed by atoms with E-state index in [1.54, 1.807) is 31.4 Å². The topological polar surface area (TPSA) is 76.5 Å². The van der Waals surface area contributed by atoms with Crippen LogP contribution in [0, 0.1) is 0 Å². The summed E-state index contributed by atoms with van der Waals surface area (Å²) >= 11 is 0. The van der Waals surface area contributed by atoms with Crippen molar-refractivity contribution in [1.29, 1.82) is 0 Å². The highest BCUT2D eigenvalue weighted by Gasteiger charge is 2.44. The van der Waals surface area contributed by atoms with Crippen molar-refractivity contribution in [3.63, 3.8) is 0 Å². The Hall–Kier alpha value is -3.35. The van der Waals surface area contributed by atoms with Crippen LogP contribution in [0.3, 0.4) is 0 Å². The zero-order chi connectivity index (χ0) is 21.4. The molecule has 2 heterocycles. The van der Waals surface area contributed by atoms with E-state index in [-0.39, 0.29) is 24.3 Å². The van der Waals surface area contributed by atoms with Gasteiger partial charge in [-0.1, -0.05) is 31.4 Å². The first-order chi connectivity index (χ1) is 15.2. The standard InChI is InChI=1S/C24H26N4O3/c1-31-18-13-11-16(12-14-18)25-22(29)15-21-23(30)27(17-7-3-2-4-8-17)24-26-19-9-5-6-10-20(19)28(21)24/h5-6,9-14,17,21H,2-4,7-8,15H2,1H3,(H,25,29)/t21-/m1/s1. The number of carbonyl (C=O) groups is 2. The molecule has 1 aliphatic heterocycles. The fourth-order valence-corrected chi connectivity index (χ4v) is 4.80. The number of nitrogens with one attached hydrogen (secondary N) is 1. The number of methoxy groups -OCH3 is 1. The Morgan fingerprint density at radius 1 is 1.10 bits per heavy atom. The van der Waals surface area contributed by atoms with Gasteiger partial charge in [-0.3, -0.25) is 19.1 Å². The number of hydrogen-bond donors (Lipinski definition) is 1. The number of anilines is 2. The van der Waals surface area contributed by atoms with Crippen LogP contribution in [0.25, 0.3) is 11.0 Å². The van der Waals surface area contributed by atoms with Crippen LogP contribution >= 0.6 is 0 Å². The summed E-state index contributed by atoms with van der Waals surface area (Å²) < 4.78 is 7.12. The second-order valence-corrected chi connectivity index (χ2v) is 8.27. The number of benzene rings is 2. The normalized spacial score (nSPS) is 18.9. The highest BCUT2D eigenvalue weighted by Crippen LogP contribution is 2.40. The summed E-state index contributed by atoms with van der Waals surface area (Å²) in [4.78, 5) is 33.0. The van der Waals surface area contributed by atoms with Gasteiger partial charge in [-0.05, 0) is 49.2 Å². The molecular formula is C24H26N4O3. The largest absolute Gasteiger partial charge is 0.497 e. The molecule has 1 N–H and O–H groups in total. The second-order valence-electron chi connectivity index (χ2n) is 8.27. The Kier molecular flexibility index (Phi) is 5.10. The minimum atomic E-state index is -0.581. The third-order valence-corrected chi connectivity index (χ3v) is 6.32. The molecule has 0 radical (unpaired) electrons. The average Bonchev–Trinajstić information content (AvgIpc) is 3.29. The summed E-state index contributed by atoms with van der Waals surface area (Å²) in [7, 11) is 1.60. The monoisotopic (exact) mass is 418 g/mol. The van der Waals surface area contributed by atoms with Crippen molar-refractivity contribution in [1.82, 2.24) is 9.55 Å². The maximum absolute atomic E-state index is 13.5. The van der Waals surface area contributed by atoms with Gasteiger partial charge in [-0.15, -0.1) is 0 Å². The van der Waals surface area contributed by atoms with Crippen molar-refractivity contribution in [2.24, 2.45) is 0 Å². The van der Waals surface area contributed by atoms with Crippen LogP contribution in [0.5, 0.6) is 5.75 Å². The van der Waals surface area contributed by atoms with Crippen molar-refractivity contribution in [3.05, 3.63) is 48.5 Å². The van der Waals surface area contributed by atoms with Crippen molar-refractivity contribution >= 4 is 34.5 Å². The zero-order valence-corrected chi connectivity index (χ0v) is 17.6. The highest BCUT2D eigenvalue weighted by atomic mass is 16.5. The number of aromatic nitrogens is 2. The fourth-order valence-electron chi connectivity index (χ4n) is 4.80. The molecule has 160 valence electrons. The molecule has 5 rings (SSSR count). The van der Waals surface area contributed by atoms with E-state index in [0.717, 1.165) is 42.5 Å². The number of imidazole rings is 1. The van der Waals surface area contributed by atoms with Crippen LogP contribution in [0.4, 0.5) is 11.6 Å². The van der Waals surface area contributed by atoms with Crippen LogP contribution in [0.15, 0.2) is 48.5 Å². The predicted octanol–water partition coefficient (Wildman–Crippen LogP) is 4.29. The van der Waals surface area contributed by atoms with Crippen LogP contribution in [0.1, 0.15) is 44.6 Å². The predicted molar refractivity (Wildman–Crippen MR) is 119 cm³/mol. The Morgan fingerprint density at radius 2 is 1.84 bits per heavy atom. The highest BCUT2D eigenvalue weighted by molar-refractivity contribution is 6.05. The molecule has 2 aromatic carbocycles. The van der Waals surface area contributed by atoms with Crippen LogP contribution < -0.4 is 15.0 Å². The quantitative estimate of drug-likeness (QED) is 0.670. The van der Waals surface area contributed by atoms with E-state index in [9.17, 15) is 9.59 Å². The Morgan fingerprint density at radius 3 is 2.58 bits per heavy atom. The molecule has 2 amide bonds. The molecule has 7 heteroatoms. The van der Waals surface area contributed by atoms with Gasteiger partial charge in [0.15, 0.2) is 0 Å². The lowest BCUT2D eigenvalue weighted by molar-refractivity contribution is -0.125. The second kappa shape index (κ2) is 8.06. The summed E-state index contributed by atoms with van der Waals surface area (Å²) in [6.45, 7) is 0. The van der Waals surface area contributed by atoms with Crippen molar-refractivity contribution < 1.29 is 14.3 Å². The number of nitrogens with zero attached hydrogens (tertiary/aromatic N) is 3. The number of amides is 2. The lowest BCUT2D eigenvalue weighted by atomic mass is 9.94. The first kappa shape index (κ1) is 19.6. The third-order valence-electron chi connectivity index (χ3n) is 6.32. The lowest BCUT2D eigenvalue weighted by Gasteiger charge is -2.30. The summed E-state index contributed by atoms with van der Waals surface area (Å²) in [5.74, 6) is 1.18. The van der Waals surface area contributed by atoms with E-state index in [4.69, 9.17) is 9.72 Å². The van der Waals surface area contributed by atoms with Crippen LogP contribution in [-0.2, 0) is 9.59 Å². The van der Waals surface area contributed by atoms with E-state index < -0.39 is 6.04 Å². The molecule has 7 nitrogen and oxygen atoms in total. The molecule has 2 aliphatic rings. The Labute approximate surface area is 181 Å². The molecule has 1 fully saturated rings. The maximum Gasteiger partial charge on any atom is 0.253 e. The van der Waals surface area contributed by atoms with Gasteiger partial charge in [0.25, 0.3) is 5.91 Å². The number of ether oxygens (including phenoxy) is 1. The molecule has 3 aromatic rings. The van der Waals surface area contributed by atoms with E-state index in [1.807, 2.05) is 33.7 Å². The van der Waals surface area contributed by atoms with Crippen molar-refractivity contribution in [2.45, 2.75) is 50.6 Å². The molecule has 1 aliphatic carbocycles. The smallest absolute Gasteiger partial charge is 0.253 e. The number of hydrogen-bond acceptors (Lipinski definition) is 4. The molecule has 1 aromatic heterocycles. The molecule has 0 saturated heterocycles. The van der Waals surface area contributed by atoms with E-state index in [0.29, 0.717) is 11.6 Å². The van der Waals surface area contributed by atoms with Gasteiger partial charge < -0.3 is 10.1 Å². The van der Waals surface area contributed by atoms with E-state index in [1.165, 1.54) is 6.42 Å². The van der Waals surface area contributed by atoms with Gasteiger partial charge in [0, 0.05) is 11.7 Å². The van der Waals surface area contributed by atoms with Crippen molar-refractivity contribution in [2.75, 3.05) is 17.3 Å². The summed E-state index contributed by atoms with van der Waals surface area (Å²) in [5.41, 5.74) is 2.42. The SMILES string of the molecule is COc1ccc(NC(=O)C[C@@H]2C(=O)N(C3CCCCC3)c3nc4ccccc4n32)cc1. The number of fused-ring (bicyclic) bond motifs is 3. The molecule has 31 heavy (non-hydrogen) atoms.